The molecule has 0 atom stereocenters. The lowest BCUT2D eigenvalue weighted by Crippen LogP contribution is -2.19. The number of fused-ring (bicyclic) bond motifs is 1. The minimum absolute atomic E-state index is 0.00277. The predicted molar refractivity (Wildman–Crippen MR) is 101 cm³/mol. The number of aromatic hydroxyl groups is 1. The van der Waals surface area contributed by atoms with Crippen LogP contribution in [-0.2, 0) is 9.59 Å². The molecule has 26 heavy (non-hydrogen) atoms. The standard InChI is InChI=1S/C18H15N3O4S/c1-2-16(23)19-10-3-5-14(22)12(7-10)18(25)20-11-4-6-15-13(8-11)21-17(24)9-26-15/h2-8,22H,1,9H2,(H,19,23)(H,20,25)(H,21,24). The lowest BCUT2D eigenvalue weighted by molar-refractivity contribution is -0.114. The van der Waals surface area contributed by atoms with Gasteiger partial charge in [0.25, 0.3) is 5.91 Å². The first-order valence-electron chi connectivity index (χ1n) is 7.61. The molecule has 3 amide bonds. The largest absolute Gasteiger partial charge is 0.507 e. The van der Waals surface area contributed by atoms with Gasteiger partial charge in [-0.25, -0.2) is 0 Å². The van der Waals surface area contributed by atoms with Crippen molar-refractivity contribution in [1.29, 1.82) is 0 Å². The SMILES string of the molecule is C=CC(=O)Nc1ccc(O)c(C(=O)Nc2ccc3c(c2)NC(=O)CS3)c1. The number of phenols is 1. The third kappa shape index (κ3) is 3.86. The molecule has 3 rings (SSSR count). The highest BCUT2D eigenvalue weighted by molar-refractivity contribution is 8.00. The molecule has 1 aliphatic heterocycles. The maximum absolute atomic E-state index is 12.5. The summed E-state index contributed by atoms with van der Waals surface area (Å²) in [4.78, 5) is 36.2. The number of phenolic OH excluding ortho intramolecular Hbond substituents is 1. The summed E-state index contributed by atoms with van der Waals surface area (Å²) in [6.07, 6.45) is 1.10. The third-order valence-corrected chi connectivity index (χ3v) is 4.64. The monoisotopic (exact) mass is 369 g/mol. The molecule has 8 heteroatoms. The summed E-state index contributed by atoms with van der Waals surface area (Å²) in [6, 6.07) is 9.31. The van der Waals surface area contributed by atoms with Crippen LogP contribution in [0.1, 0.15) is 10.4 Å². The number of thioether (sulfide) groups is 1. The molecule has 0 aliphatic carbocycles. The molecule has 0 aromatic heterocycles. The number of carbonyl (C=O) groups is 3. The molecule has 0 radical (unpaired) electrons. The van der Waals surface area contributed by atoms with Crippen molar-refractivity contribution in [2.75, 3.05) is 21.7 Å². The van der Waals surface area contributed by atoms with Gasteiger partial charge in [-0.15, -0.1) is 11.8 Å². The molecule has 0 fully saturated rings. The van der Waals surface area contributed by atoms with Crippen molar-refractivity contribution >= 4 is 46.5 Å². The summed E-state index contributed by atoms with van der Waals surface area (Å²) in [6.45, 7) is 3.36. The van der Waals surface area contributed by atoms with E-state index in [9.17, 15) is 19.5 Å². The Bertz CT molecular complexity index is 927. The highest BCUT2D eigenvalue weighted by Gasteiger charge is 2.17. The van der Waals surface area contributed by atoms with Crippen LogP contribution in [0.5, 0.6) is 5.75 Å². The van der Waals surface area contributed by atoms with E-state index in [4.69, 9.17) is 0 Å². The molecule has 1 heterocycles. The summed E-state index contributed by atoms with van der Waals surface area (Å²) in [7, 11) is 0. The molecule has 0 saturated carbocycles. The van der Waals surface area contributed by atoms with Gasteiger partial charge >= 0.3 is 0 Å². The maximum Gasteiger partial charge on any atom is 0.259 e. The molecular weight excluding hydrogens is 354 g/mol. The Morgan fingerprint density at radius 3 is 2.65 bits per heavy atom. The average molecular weight is 369 g/mol. The highest BCUT2D eigenvalue weighted by Crippen LogP contribution is 2.33. The first kappa shape index (κ1) is 17.6. The van der Waals surface area contributed by atoms with Crippen molar-refractivity contribution in [2.24, 2.45) is 0 Å². The number of benzene rings is 2. The van der Waals surface area contributed by atoms with Crippen LogP contribution in [-0.4, -0.2) is 28.6 Å². The van der Waals surface area contributed by atoms with Gasteiger partial charge in [0.05, 0.1) is 17.0 Å². The lowest BCUT2D eigenvalue weighted by atomic mass is 10.1. The third-order valence-electron chi connectivity index (χ3n) is 3.56. The van der Waals surface area contributed by atoms with E-state index in [0.29, 0.717) is 22.8 Å². The van der Waals surface area contributed by atoms with Crippen LogP contribution in [0, 0.1) is 0 Å². The van der Waals surface area contributed by atoms with E-state index in [2.05, 4.69) is 22.5 Å². The quantitative estimate of drug-likeness (QED) is 0.490. The van der Waals surface area contributed by atoms with E-state index in [1.165, 1.54) is 30.0 Å². The first-order valence-corrected chi connectivity index (χ1v) is 8.59. The van der Waals surface area contributed by atoms with Gasteiger partial charge in [-0.1, -0.05) is 6.58 Å². The molecule has 0 unspecified atom stereocenters. The molecule has 4 N–H and O–H groups in total. The fourth-order valence-electron chi connectivity index (χ4n) is 2.35. The van der Waals surface area contributed by atoms with Gasteiger partial charge in [0, 0.05) is 16.3 Å². The van der Waals surface area contributed by atoms with E-state index < -0.39 is 11.8 Å². The van der Waals surface area contributed by atoms with Crippen LogP contribution in [0.15, 0.2) is 53.9 Å². The second-order valence-corrected chi connectivity index (χ2v) is 6.44. The van der Waals surface area contributed by atoms with Crippen LogP contribution in [0.4, 0.5) is 17.1 Å². The van der Waals surface area contributed by atoms with Gasteiger partial charge in [-0.05, 0) is 42.5 Å². The summed E-state index contributed by atoms with van der Waals surface area (Å²) >= 11 is 1.42. The van der Waals surface area contributed by atoms with Crippen molar-refractivity contribution in [1.82, 2.24) is 0 Å². The first-order chi connectivity index (χ1) is 12.5. The fraction of sp³-hybridized carbons (Fsp3) is 0.0556. The van der Waals surface area contributed by atoms with E-state index in [1.54, 1.807) is 18.2 Å². The van der Waals surface area contributed by atoms with Crippen molar-refractivity contribution in [3.63, 3.8) is 0 Å². The van der Waals surface area contributed by atoms with Gasteiger partial charge in [-0.2, -0.15) is 0 Å². The molecule has 0 saturated heterocycles. The topological polar surface area (TPSA) is 108 Å². The number of rotatable bonds is 4. The number of amides is 3. The zero-order chi connectivity index (χ0) is 18.7. The minimum atomic E-state index is -0.549. The maximum atomic E-state index is 12.5. The van der Waals surface area contributed by atoms with Crippen LogP contribution >= 0.6 is 11.8 Å². The van der Waals surface area contributed by atoms with Crippen LogP contribution in [0.2, 0.25) is 0 Å². The molecule has 0 spiro atoms. The Hall–Kier alpha value is -3.26. The second kappa shape index (κ2) is 7.32. The lowest BCUT2D eigenvalue weighted by Gasteiger charge is -2.17. The minimum Gasteiger partial charge on any atom is -0.507 e. The Morgan fingerprint density at radius 2 is 1.88 bits per heavy atom. The number of nitrogens with one attached hydrogen (secondary N) is 3. The van der Waals surface area contributed by atoms with Gasteiger partial charge in [0.2, 0.25) is 11.8 Å². The van der Waals surface area contributed by atoms with Gasteiger partial charge in [-0.3, -0.25) is 14.4 Å². The highest BCUT2D eigenvalue weighted by atomic mass is 32.2. The molecule has 2 aromatic rings. The number of anilines is 3. The van der Waals surface area contributed by atoms with Gasteiger partial charge < -0.3 is 21.1 Å². The molecule has 7 nitrogen and oxygen atoms in total. The Morgan fingerprint density at radius 1 is 1.15 bits per heavy atom. The van der Waals surface area contributed by atoms with Crippen molar-refractivity contribution in [3.8, 4) is 5.75 Å². The summed E-state index contributed by atoms with van der Waals surface area (Å²) in [5.74, 6) is -0.942. The molecule has 2 aromatic carbocycles. The fourth-order valence-corrected chi connectivity index (χ4v) is 3.14. The van der Waals surface area contributed by atoms with Crippen molar-refractivity contribution in [3.05, 3.63) is 54.6 Å². The number of hydrogen-bond donors (Lipinski definition) is 4. The van der Waals surface area contributed by atoms with E-state index in [-0.39, 0.29) is 17.2 Å². The average Bonchev–Trinajstić information content (AvgIpc) is 2.62. The summed E-state index contributed by atoms with van der Waals surface area (Å²) in [5.41, 5.74) is 1.45. The predicted octanol–water partition coefficient (Wildman–Crippen LogP) is 2.81. The number of carbonyl (C=O) groups excluding carboxylic acids is 3. The van der Waals surface area contributed by atoms with Crippen LogP contribution < -0.4 is 16.0 Å². The van der Waals surface area contributed by atoms with Crippen LogP contribution in [0.25, 0.3) is 0 Å². The zero-order valence-corrected chi connectivity index (χ0v) is 14.4. The molecule has 132 valence electrons. The van der Waals surface area contributed by atoms with Crippen molar-refractivity contribution in [2.45, 2.75) is 4.90 Å². The van der Waals surface area contributed by atoms with E-state index in [1.807, 2.05) is 0 Å². The van der Waals surface area contributed by atoms with Crippen molar-refractivity contribution < 1.29 is 19.5 Å². The normalized spacial score (nSPS) is 12.5. The Balaban J connectivity index is 1.81. The Labute approximate surface area is 153 Å². The molecular formula is C18H15N3O4S. The summed E-state index contributed by atoms with van der Waals surface area (Å²) < 4.78 is 0. The van der Waals surface area contributed by atoms with Crippen LogP contribution in [0.3, 0.4) is 0 Å². The second-order valence-electron chi connectivity index (χ2n) is 5.43. The molecule has 1 aliphatic rings. The van der Waals surface area contributed by atoms with E-state index in [0.717, 1.165) is 11.0 Å². The zero-order valence-electron chi connectivity index (χ0n) is 13.5. The van der Waals surface area contributed by atoms with Gasteiger partial charge in [0.1, 0.15) is 5.75 Å². The number of hydrogen-bond acceptors (Lipinski definition) is 5. The van der Waals surface area contributed by atoms with Gasteiger partial charge in [0.15, 0.2) is 0 Å². The van der Waals surface area contributed by atoms with E-state index >= 15 is 0 Å². The Kier molecular flexibility index (Phi) is 4.94. The summed E-state index contributed by atoms with van der Waals surface area (Å²) in [5, 5.41) is 17.9. The smallest absolute Gasteiger partial charge is 0.259 e. The molecule has 0 bridgehead atoms.